The highest BCUT2D eigenvalue weighted by atomic mass is 79.9. The molecule has 0 radical (unpaired) electrons. The third-order valence-electron chi connectivity index (χ3n) is 2.05. The van der Waals surface area contributed by atoms with E-state index in [2.05, 4.69) is 20.9 Å². The van der Waals surface area contributed by atoms with E-state index in [1.54, 1.807) is 19.4 Å². The SMILES string of the molecule is COc1cc(C(C)CC(=O)O)ncc1Br. The first-order valence-corrected chi connectivity index (χ1v) is 5.25. The van der Waals surface area contributed by atoms with Gasteiger partial charge in [-0.3, -0.25) is 9.78 Å². The largest absolute Gasteiger partial charge is 0.495 e. The molecule has 0 saturated heterocycles. The summed E-state index contributed by atoms with van der Waals surface area (Å²) in [6, 6.07) is 1.75. The van der Waals surface area contributed by atoms with E-state index in [-0.39, 0.29) is 12.3 Å². The first-order chi connectivity index (χ1) is 7.04. The van der Waals surface area contributed by atoms with Crippen LogP contribution in [0.3, 0.4) is 0 Å². The highest BCUT2D eigenvalue weighted by Crippen LogP contribution is 2.27. The molecule has 1 rings (SSSR count). The molecule has 1 atom stereocenters. The van der Waals surface area contributed by atoms with Gasteiger partial charge >= 0.3 is 5.97 Å². The fourth-order valence-corrected chi connectivity index (χ4v) is 1.61. The fraction of sp³-hybridized carbons (Fsp3) is 0.400. The van der Waals surface area contributed by atoms with Crippen LogP contribution in [0.1, 0.15) is 25.0 Å². The molecule has 1 unspecified atom stereocenters. The zero-order valence-corrected chi connectivity index (χ0v) is 10.1. The van der Waals surface area contributed by atoms with Crippen LogP contribution in [0.25, 0.3) is 0 Å². The van der Waals surface area contributed by atoms with Crippen LogP contribution in [0, 0.1) is 0 Å². The Morgan fingerprint density at radius 2 is 2.40 bits per heavy atom. The van der Waals surface area contributed by atoms with Crippen LogP contribution in [0.4, 0.5) is 0 Å². The third kappa shape index (κ3) is 3.20. The van der Waals surface area contributed by atoms with E-state index in [1.807, 2.05) is 6.92 Å². The lowest BCUT2D eigenvalue weighted by atomic mass is 10.0. The second-order valence-corrected chi connectivity index (χ2v) is 4.10. The smallest absolute Gasteiger partial charge is 0.304 e. The number of carboxylic acid groups (broad SMARTS) is 1. The summed E-state index contributed by atoms with van der Waals surface area (Å²) in [5.74, 6) is -0.284. The zero-order valence-electron chi connectivity index (χ0n) is 8.53. The topological polar surface area (TPSA) is 59.4 Å². The highest BCUT2D eigenvalue weighted by molar-refractivity contribution is 9.10. The van der Waals surface area contributed by atoms with Gasteiger partial charge in [-0.1, -0.05) is 6.92 Å². The number of aromatic nitrogens is 1. The number of carbonyl (C=O) groups is 1. The number of halogens is 1. The van der Waals surface area contributed by atoms with Crippen LogP contribution in [-0.4, -0.2) is 23.2 Å². The molecule has 0 aromatic carbocycles. The summed E-state index contributed by atoms with van der Waals surface area (Å²) in [5.41, 5.74) is 0.720. The maximum absolute atomic E-state index is 10.5. The van der Waals surface area contributed by atoms with Gasteiger partial charge in [-0.2, -0.15) is 0 Å². The predicted octanol–water partition coefficient (Wildman–Crippen LogP) is 2.43. The first-order valence-electron chi connectivity index (χ1n) is 4.45. The molecule has 1 aromatic rings. The normalized spacial score (nSPS) is 12.2. The molecule has 0 aliphatic carbocycles. The van der Waals surface area contributed by atoms with Crippen molar-refractivity contribution in [2.45, 2.75) is 19.3 Å². The first kappa shape index (κ1) is 12.0. The Morgan fingerprint density at radius 1 is 1.73 bits per heavy atom. The van der Waals surface area contributed by atoms with E-state index >= 15 is 0 Å². The van der Waals surface area contributed by atoms with Gasteiger partial charge in [0.1, 0.15) is 5.75 Å². The molecule has 0 aliphatic rings. The number of aliphatic carboxylic acids is 1. The second kappa shape index (κ2) is 5.11. The van der Waals surface area contributed by atoms with Crippen molar-refractivity contribution < 1.29 is 14.6 Å². The fourth-order valence-electron chi connectivity index (χ4n) is 1.23. The van der Waals surface area contributed by atoms with Gasteiger partial charge in [0, 0.05) is 23.9 Å². The van der Waals surface area contributed by atoms with Crippen molar-refractivity contribution in [3.8, 4) is 5.75 Å². The molecule has 0 spiro atoms. The van der Waals surface area contributed by atoms with Crippen molar-refractivity contribution in [3.63, 3.8) is 0 Å². The average molecular weight is 274 g/mol. The summed E-state index contributed by atoms with van der Waals surface area (Å²) in [6.07, 6.45) is 1.68. The molecule has 0 amide bonds. The lowest BCUT2D eigenvalue weighted by Gasteiger charge is -2.10. The van der Waals surface area contributed by atoms with E-state index < -0.39 is 5.97 Å². The molecule has 0 aliphatic heterocycles. The number of methoxy groups -OCH3 is 1. The Hall–Kier alpha value is -1.10. The Labute approximate surface area is 96.4 Å². The monoisotopic (exact) mass is 273 g/mol. The van der Waals surface area contributed by atoms with Crippen LogP contribution in [0.5, 0.6) is 5.75 Å². The van der Waals surface area contributed by atoms with Gasteiger partial charge in [0.25, 0.3) is 0 Å². The van der Waals surface area contributed by atoms with Crippen LogP contribution >= 0.6 is 15.9 Å². The summed E-state index contributed by atoms with van der Waals surface area (Å²) in [5, 5.41) is 8.66. The lowest BCUT2D eigenvalue weighted by Crippen LogP contribution is -2.05. The minimum absolute atomic E-state index is 0.0672. The van der Waals surface area contributed by atoms with E-state index in [0.29, 0.717) is 5.75 Å². The standard InChI is InChI=1S/C10H12BrNO3/c1-6(3-10(13)14)8-4-9(15-2)7(11)5-12-8/h4-6H,3H2,1-2H3,(H,13,14). The molecule has 0 fully saturated rings. The van der Waals surface area contributed by atoms with Crippen LogP contribution in [0.15, 0.2) is 16.7 Å². The molecule has 1 N–H and O–H groups in total. The highest BCUT2D eigenvalue weighted by Gasteiger charge is 2.13. The Bertz CT molecular complexity index is 368. The minimum Gasteiger partial charge on any atom is -0.495 e. The Balaban J connectivity index is 2.90. The van der Waals surface area contributed by atoms with E-state index in [0.717, 1.165) is 10.2 Å². The Morgan fingerprint density at radius 3 is 2.93 bits per heavy atom. The van der Waals surface area contributed by atoms with Crippen molar-refractivity contribution in [1.82, 2.24) is 4.98 Å². The minimum atomic E-state index is -0.828. The maximum Gasteiger partial charge on any atom is 0.304 e. The Kier molecular flexibility index (Phi) is 4.08. The van der Waals surface area contributed by atoms with Gasteiger partial charge in [-0.15, -0.1) is 0 Å². The summed E-state index contributed by atoms with van der Waals surface area (Å²) in [6.45, 7) is 1.82. The second-order valence-electron chi connectivity index (χ2n) is 3.24. The average Bonchev–Trinajstić information content (AvgIpc) is 2.17. The number of pyridine rings is 1. The molecule has 1 aromatic heterocycles. The van der Waals surface area contributed by atoms with Gasteiger partial charge in [-0.25, -0.2) is 0 Å². The summed E-state index contributed by atoms with van der Waals surface area (Å²) in [4.78, 5) is 14.7. The molecular weight excluding hydrogens is 262 g/mol. The van der Waals surface area contributed by atoms with Crippen LogP contribution in [-0.2, 0) is 4.79 Å². The van der Waals surface area contributed by atoms with Crippen LogP contribution in [0.2, 0.25) is 0 Å². The van der Waals surface area contributed by atoms with Crippen molar-refractivity contribution in [2.24, 2.45) is 0 Å². The quantitative estimate of drug-likeness (QED) is 0.916. The molecular formula is C10H12BrNO3. The molecule has 15 heavy (non-hydrogen) atoms. The van der Waals surface area contributed by atoms with Gasteiger partial charge in [0.05, 0.1) is 18.0 Å². The number of carboxylic acids is 1. The van der Waals surface area contributed by atoms with Gasteiger partial charge in [0.2, 0.25) is 0 Å². The van der Waals surface area contributed by atoms with Gasteiger partial charge in [0.15, 0.2) is 0 Å². The number of nitrogens with zero attached hydrogens (tertiary/aromatic N) is 1. The molecule has 0 bridgehead atoms. The molecule has 0 saturated carbocycles. The van der Waals surface area contributed by atoms with Crippen molar-refractivity contribution in [2.75, 3.05) is 7.11 Å². The third-order valence-corrected chi connectivity index (χ3v) is 2.64. The summed E-state index contributed by atoms with van der Waals surface area (Å²) in [7, 11) is 1.56. The maximum atomic E-state index is 10.5. The van der Waals surface area contributed by atoms with E-state index in [9.17, 15) is 4.79 Å². The van der Waals surface area contributed by atoms with Crippen molar-refractivity contribution in [3.05, 3.63) is 22.4 Å². The number of hydrogen-bond acceptors (Lipinski definition) is 3. The summed E-state index contributed by atoms with van der Waals surface area (Å²) >= 11 is 3.29. The van der Waals surface area contributed by atoms with Gasteiger partial charge in [-0.05, 0) is 15.9 Å². The van der Waals surface area contributed by atoms with Crippen molar-refractivity contribution >= 4 is 21.9 Å². The van der Waals surface area contributed by atoms with Crippen molar-refractivity contribution in [1.29, 1.82) is 0 Å². The number of hydrogen-bond donors (Lipinski definition) is 1. The summed E-state index contributed by atoms with van der Waals surface area (Å²) < 4.78 is 5.87. The van der Waals surface area contributed by atoms with E-state index in [4.69, 9.17) is 9.84 Å². The van der Waals surface area contributed by atoms with E-state index in [1.165, 1.54) is 0 Å². The molecule has 1 heterocycles. The predicted molar refractivity (Wildman–Crippen MR) is 59.2 cm³/mol. The molecule has 82 valence electrons. The molecule has 5 heteroatoms. The van der Waals surface area contributed by atoms with Crippen LogP contribution < -0.4 is 4.74 Å². The number of rotatable bonds is 4. The van der Waals surface area contributed by atoms with Gasteiger partial charge < -0.3 is 9.84 Å². The number of ether oxygens (including phenoxy) is 1. The molecule has 4 nitrogen and oxygen atoms in total. The zero-order chi connectivity index (χ0) is 11.4. The lowest BCUT2D eigenvalue weighted by molar-refractivity contribution is -0.137.